The zero-order valence-electron chi connectivity index (χ0n) is 23.3. The predicted molar refractivity (Wildman–Crippen MR) is 151 cm³/mol. The van der Waals surface area contributed by atoms with Gasteiger partial charge in [0, 0.05) is 57.9 Å². The van der Waals surface area contributed by atoms with Crippen molar-refractivity contribution in [2.24, 2.45) is 20.0 Å². The predicted octanol–water partition coefficient (Wildman–Crippen LogP) is 2.29. The molecular formula is C27H37ClFN7O3. The molecule has 1 aliphatic heterocycles. The normalized spacial score (nSPS) is 15.9. The zero-order valence-corrected chi connectivity index (χ0v) is 24.0. The number of nitrogens with zero attached hydrogens (tertiary/aromatic N) is 7. The Balaban J connectivity index is 1.72. The first-order valence-corrected chi connectivity index (χ1v) is 13.8. The van der Waals surface area contributed by atoms with Gasteiger partial charge in [-0.1, -0.05) is 31.5 Å². The van der Waals surface area contributed by atoms with E-state index < -0.39 is 17.1 Å². The number of amides is 1. The molecule has 1 saturated heterocycles. The van der Waals surface area contributed by atoms with Gasteiger partial charge < -0.3 is 14.7 Å². The molecule has 2 aromatic heterocycles. The third-order valence-corrected chi connectivity index (χ3v) is 8.14. The molecule has 1 aliphatic rings. The average Bonchev–Trinajstić information content (AvgIpc) is 3.32. The van der Waals surface area contributed by atoms with E-state index in [0.29, 0.717) is 25.6 Å². The third kappa shape index (κ3) is 5.60. The molecule has 0 N–H and O–H groups in total. The van der Waals surface area contributed by atoms with Gasteiger partial charge >= 0.3 is 5.69 Å². The highest BCUT2D eigenvalue weighted by atomic mass is 35.5. The maximum atomic E-state index is 14.9. The van der Waals surface area contributed by atoms with E-state index in [1.54, 1.807) is 22.6 Å². The van der Waals surface area contributed by atoms with Crippen LogP contribution in [-0.4, -0.2) is 80.7 Å². The van der Waals surface area contributed by atoms with Crippen molar-refractivity contribution in [3.63, 3.8) is 0 Å². The van der Waals surface area contributed by atoms with Crippen LogP contribution >= 0.6 is 11.6 Å². The van der Waals surface area contributed by atoms with E-state index in [0.717, 1.165) is 37.0 Å². The van der Waals surface area contributed by atoms with Gasteiger partial charge in [-0.05, 0) is 38.1 Å². The molecule has 0 spiro atoms. The second-order valence-corrected chi connectivity index (χ2v) is 10.6. The van der Waals surface area contributed by atoms with Crippen LogP contribution in [0.5, 0.6) is 0 Å². The van der Waals surface area contributed by atoms with Crippen LogP contribution < -0.4 is 16.1 Å². The summed E-state index contributed by atoms with van der Waals surface area (Å²) < 4.78 is 18.8. The number of carbonyl (C=O) groups excluding carboxylic acids is 1. The number of likely N-dealkylation sites (N-methyl/N-ethyl adjacent to an activating group) is 2. The molecule has 0 saturated carbocycles. The van der Waals surface area contributed by atoms with Crippen molar-refractivity contribution in [3.8, 4) is 0 Å². The second kappa shape index (κ2) is 11.9. The average molecular weight is 562 g/mol. The first kappa shape index (κ1) is 28.8. The first-order valence-electron chi connectivity index (χ1n) is 13.4. The standard InChI is InChI=1S/C27H37ClFN7O3/c1-6-34(7-2)15-14-31(3)24(37)18-10-9-13-35(16-18)26-30-23-22(25(38)33(5)27(39)32(23)4)36(26)17-19-20(28)11-8-12-21(19)29/h8,11-12,18H,6-7,9-10,13-17H2,1-5H3. The van der Waals surface area contributed by atoms with Crippen LogP contribution in [0.3, 0.4) is 0 Å². The molecule has 0 radical (unpaired) electrons. The van der Waals surface area contributed by atoms with Crippen molar-refractivity contribution in [1.29, 1.82) is 0 Å². The lowest BCUT2D eigenvalue weighted by Crippen LogP contribution is -2.46. The van der Waals surface area contributed by atoms with Crippen LogP contribution in [0.15, 0.2) is 27.8 Å². The van der Waals surface area contributed by atoms with Gasteiger partial charge in [0.15, 0.2) is 11.2 Å². The van der Waals surface area contributed by atoms with E-state index in [-0.39, 0.29) is 40.1 Å². The molecule has 10 nitrogen and oxygen atoms in total. The minimum Gasteiger partial charge on any atom is -0.344 e. The monoisotopic (exact) mass is 561 g/mol. The van der Waals surface area contributed by atoms with E-state index in [1.165, 1.54) is 23.7 Å². The number of aromatic nitrogens is 4. The Labute approximate surface area is 232 Å². The minimum absolute atomic E-state index is 0.0519. The van der Waals surface area contributed by atoms with Gasteiger partial charge in [-0.25, -0.2) is 9.18 Å². The number of imidazole rings is 1. The fraction of sp³-hybridized carbons (Fsp3) is 0.556. The summed E-state index contributed by atoms with van der Waals surface area (Å²) in [5.41, 5.74) is -0.431. The van der Waals surface area contributed by atoms with Crippen molar-refractivity contribution in [3.05, 3.63) is 55.4 Å². The SMILES string of the molecule is CCN(CC)CCN(C)C(=O)C1CCCN(c2nc3c(c(=O)n(C)c(=O)n3C)n2Cc2c(F)cccc2Cl)C1. The fourth-order valence-corrected chi connectivity index (χ4v) is 5.50. The Morgan fingerprint density at radius 1 is 1.15 bits per heavy atom. The number of anilines is 1. The molecule has 12 heteroatoms. The number of benzene rings is 1. The summed E-state index contributed by atoms with van der Waals surface area (Å²) >= 11 is 6.36. The molecule has 1 aromatic carbocycles. The Hall–Kier alpha value is -3.18. The van der Waals surface area contributed by atoms with E-state index in [9.17, 15) is 18.8 Å². The van der Waals surface area contributed by atoms with Gasteiger partial charge in [0.2, 0.25) is 11.9 Å². The fourth-order valence-electron chi connectivity index (χ4n) is 5.28. The summed E-state index contributed by atoms with van der Waals surface area (Å²) in [5.74, 6) is -0.281. The van der Waals surface area contributed by atoms with E-state index in [2.05, 4.69) is 18.7 Å². The zero-order chi connectivity index (χ0) is 28.4. The molecule has 1 unspecified atom stereocenters. The number of fused-ring (bicyclic) bond motifs is 1. The third-order valence-electron chi connectivity index (χ3n) is 7.78. The summed E-state index contributed by atoms with van der Waals surface area (Å²) in [6.45, 7) is 8.47. The highest BCUT2D eigenvalue weighted by Gasteiger charge is 2.32. The van der Waals surface area contributed by atoms with E-state index in [4.69, 9.17) is 16.6 Å². The van der Waals surface area contributed by atoms with Crippen LogP contribution in [0.1, 0.15) is 32.3 Å². The highest BCUT2D eigenvalue weighted by Crippen LogP contribution is 2.29. The summed E-state index contributed by atoms with van der Waals surface area (Å²) in [7, 11) is 4.79. The molecule has 212 valence electrons. The van der Waals surface area contributed by atoms with Crippen molar-refractivity contribution < 1.29 is 9.18 Å². The summed E-state index contributed by atoms with van der Waals surface area (Å²) in [4.78, 5) is 50.1. The quantitative estimate of drug-likeness (QED) is 0.398. The summed E-state index contributed by atoms with van der Waals surface area (Å²) in [6.07, 6.45) is 1.49. The van der Waals surface area contributed by atoms with Gasteiger partial charge in [-0.3, -0.25) is 23.3 Å². The lowest BCUT2D eigenvalue weighted by atomic mass is 9.97. The van der Waals surface area contributed by atoms with Crippen molar-refractivity contribution in [1.82, 2.24) is 28.5 Å². The number of rotatable bonds is 9. The molecule has 39 heavy (non-hydrogen) atoms. The van der Waals surface area contributed by atoms with Crippen LogP contribution in [0.4, 0.5) is 10.3 Å². The van der Waals surface area contributed by atoms with Crippen LogP contribution in [0.2, 0.25) is 5.02 Å². The Bertz CT molecular complexity index is 1460. The van der Waals surface area contributed by atoms with Crippen molar-refractivity contribution in [2.75, 3.05) is 51.2 Å². The summed E-state index contributed by atoms with van der Waals surface area (Å²) in [5, 5.41) is 0.228. The number of hydrogen-bond donors (Lipinski definition) is 0. The summed E-state index contributed by atoms with van der Waals surface area (Å²) in [6, 6.07) is 4.43. The maximum Gasteiger partial charge on any atom is 0.332 e. The number of piperidine rings is 1. The smallest absolute Gasteiger partial charge is 0.332 e. The second-order valence-electron chi connectivity index (χ2n) is 10.1. The van der Waals surface area contributed by atoms with E-state index >= 15 is 0 Å². The first-order chi connectivity index (χ1) is 18.6. The van der Waals surface area contributed by atoms with Gasteiger partial charge in [0.25, 0.3) is 5.56 Å². The van der Waals surface area contributed by atoms with Crippen LogP contribution in [0.25, 0.3) is 11.2 Å². The van der Waals surface area contributed by atoms with Crippen molar-refractivity contribution in [2.45, 2.75) is 33.2 Å². The van der Waals surface area contributed by atoms with Gasteiger partial charge in [0.1, 0.15) is 5.82 Å². The minimum atomic E-state index is -0.528. The number of halogens is 2. The van der Waals surface area contributed by atoms with Crippen LogP contribution in [0, 0.1) is 11.7 Å². The number of carbonyl (C=O) groups is 1. The van der Waals surface area contributed by atoms with Gasteiger partial charge in [0.05, 0.1) is 12.5 Å². The Morgan fingerprint density at radius 3 is 2.54 bits per heavy atom. The molecule has 1 amide bonds. The molecule has 1 fully saturated rings. The van der Waals surface area contributed by atoms with Crippen molar-refractivity contribution >= 4 is 34.6 Å². The highest BCUT2D eigenvalue weighted by molar-refractivity contribution is 6.31. The molecule has 4 rings (SSSR count). The molecular weight excluding hydrogens is 525 g/mol. The number of hydrogen-bond acceptors (Lipinski definition) is 6. The number of aryl methyl sites for hydroxylation is 1. The molecule has 3 heterocycles. The van der Waals surface area contributed by atoms with Crippen LogP contribution in [-0.2, 0) is 25.4 Å². The molecule has 0 aliphatic carbocycles. The lowest BCUT2D eigenvalue weighted by Gasteiger charge is -2.35. The lowest BCUT2D eigenvalue weighted by molar-refractivity contribution is -0.134. The largest absolute Gasteiger partial charge is 0.344 e. The Kier molecular flexibility index (Phi) is 8.80. The van der Waals surface area contributed by atoms with Gasteiger partial charge in [-0.15, -0.1) is 0 Å². The van der Waals surface area contributed by atoms with E-state index in [1.807, 2.05) is 11.9 Å². The maximum absolute atomic E-state index is 14.9. The molecule has 1 atom stereocenters. The Morgan fingerprint density at radius 2 is 1.87 bits per heavy atom. The molecule has 0 bridgehead atoms. The van der Waals surface area contributed by atoms with Gasteiger partial charge in [-0.2, -0.15) is 4.98 Å². The topological polar surface area (TPSA) is 88.6 Å². The molecule has 3 aromatic rings.